The molecule has 0 aliphatic heterocycles. The predicted octanol–water partition coefficient (Wildman–Crippen LogP) is 1.22. The molecule has 27 heavy (non-hydrogen) atoms. The van der Waals surface area contributed by atoms with Crippen molar-refractivity contribution in [1.29, 1.82) is 0 Å². The van der Waals surface area contributed by atoms with Crippen LogP contribution in [-0.2, 0) is 9.84 Å². The number of tetrazole rings is 1. The molecule has 0 saturated carbocycles. The minimum Gasteiger partial charge on any atom is -0.267 e. The second kappa shape index (κ2) is 7.46. The first-order chi connectivity index (χ1) is 12.8. The fourth-order valence-corrected chi connectivity index (χ4v) is 2.88. The lowest BCUT2D eigenvalue weighted by Gasteiger charge is -2.05. The van der Waals surface area contributed by atoms with Crippen molar-refractivity contribution >= 4 is 21.5 Å². The minimum atomic E-state index is -3.25. The summed E-state index contributed by atoms with van der Waals surface area (Å²) in [5.74, 6) is -0.370. The summed E-state index contributed by atoms with van der Waals surface area (Å²) >= 11 is 0. The summed E-state index contributed by atoms with van der Waals surface area (Å²) in [6, 6.07) is 13.0. The maximum absolute atomic E-state index is 12.2. The molecule has 9 nitrogen and oxygen atoms in total. The molecular weight excluding hydrogens is 368 g/mol. The lowest BCUT2D eigenvalue weighted by molar-refractivity contribution is 0.0955. The van der Waals surface area contributed by atoms with E-state index in [9.17, 15) is 13.2 Å². The first-order valence-corrected chi connectivity index (χ1v) is 9.72. The van der Waals surface area contributed by atoms with Gasteiger partial charge in [-0.3, -0.25) is 4.79 Å². The molecule has 10 heteroatoms. The summed E-state index contributed by atoms with van der Waals surface area (Å²) < 4.78 is 24.4. The highest BCUT2D eigenvalue weighted by Crippen LogP contribution is 2.11. The van der Waals surface area contributed by atoms with Gasteiger partial charge in [0.1, 0.15) is 6.33 Å². The molecule has 0 unspecified atom stereocenters. The van der Waals surface area contributed by atoms with Crippen LogP contribution < -0.4 is 5.43 Å². The molecule has 1 aromatic heterocycles. The Morgan fingerprint density at radius 1 is 1.04 bits per heavy atom. The topological polar surface area (TPSA) is 119 Å². The monoisotopic (exact) mass is 384 g/mol. The number of carbonyl (C=O) groups excluding carboxylic acids is 1. The zero-order valence-electron chi connectivity index (χ0n) is 14.6. The SMILES string of the molecule is C/C(=N/NC(=O)c1ccc(-n2cnnn2)cc1)c1ccc(S(C)(=O)=O)cc1. The van der Waals surface area contributed by atoms with Crippen LogP contribution in [-0.4, -0.2) is 46.5 Å². The van der Waals surface area contributed by atoms with Crippen molar-refractivity contribution < 1.29 is 13.2 Å². The van der Waals surface area contributed by atoms with Crippen LogP contribution in [0.3, 0.4) is 0 Å². The Morgan fingerprint density at radius 3 is 2.22 bits per heavy atom. The molecule has 3 rings (SSSR count). The van der Waals surface area contributed by atoms with Gasteiger partial charge in [-0.15, -0.1) is 5.10 Å². The van der Waals surface area contributed by atoms with E-state index in [-0.39, 0.29) is 10.8 Å². The van der Waals surface area contributed by atoms with Crippen molar-refractivity contribution in [3.8, 4) is 5.69 Å². The standard InChI is InChI=1S/C17H16N6O3S/c1-12(13-5-9-16(10-6-13)27(2,25)26)19-20-17(24)14-3-7-15(8-4-14)23-11-18-21-22-23/h3-11H,1-2H3,(H,20,24)/b19-12-. The summed E-state index contributed by atoms with van der Waals surface area (Å²) in [5.41, 5.74) is 4.89. The number of benzene rings is 2. The van der Waals surface area contributed by atoms with Crippen LogP contribution in [0.1, 0.15) is 22.8 Å². The average molecular weight is 384 g/mol. The molecule has 0 radical (unpaired) electrons. The number of sulfone groups is 1. The van der Waals surface area contributed by atoms with Crippen LogP contribution in [0.4, 0.5) is 0 Å². The lowest BCUT2D eigenvalue weighted by atomic mass is 10.1. The zero-order valence-corrected chi connectivity index (χ0v) is 15.4. The van der Waals surface area contributed by atoms with E-state index < -0.39 is 9.84 Å². The summed E-state index contributed by atoms with van der Waals surface area (Å²) in [6.07, 6.45) is 2.60. The highest BCUT2D eigenvalue weighted by atomic mass is 32.2. The average Bonchev–Trinajstić information content (AvgIpc) is 3.20. The largest absolute Gasteiger partial charge is 0.271 e. The van der Waals surface area contributed by atoms with E-state index in [1.807, 2.05) is 0 Å². The molecule has 2 aromatic carbocycles. The van der Waals surface area contributed by atoms with Crippen LogP contribution in [0.2, 0.25) is 0 Å². The van der Waals surface area contributed by atoms with Crippen molar-refractivity contribution in [2.45, 2.75) is 11.8 Å². The molecule has 1 N–H and O–H groups in total. The summed E-state index contributed by atoms with van der Waals surface area (Å²) in [6.45, 7) is 1.72. The van der Waals surface area contributed by atoms with Gasteiger partial charge in [0, 0.05) is 11.8 Å². The van der Waals surface area contributed by atoms with Crippen LogP contribution in [0.15, 0.2) is 64.9 Å². The smallest absolute Gasteiger partial charge is 0.267 e. The normalized spacial score (nSPS) is 12.0. The molecule has 0 spiro atoms. The molecule has 0 saturated heterocycles. The quantitative estimate of drug-likeness (QED) is 0.522. The highest BCUT2D eigenvalue weighted by molar-refractivity contribution is 7.90. The van der Waals surface area contributed by atoms with E-state index in [0.29, 0.717) is 16.8 Å². The Labute approximate surface area is 155 Å². The number of rotatable bonds is 5. The van der Waals surface area contributed by atoms with Crippen molar-refractivity contribution in [2.75, 3.05) is 6.26 Å². The molecular formula is C17H16N6O3S. The summed E-state index contributed by atoms with van der Waals surface area (Å²) in [7, 11) is -3.25. The Bertz CT molecular complexity index is 1070. The van der Waals surface area contributed by atoms with Gasteiger partial charge in [-0.1, -0.05) is 12.1 Å². The fourth-order valence-electron chi connectivity index (χ4n) is 2.25. The second-order valence-corrected chi connectivity index (χ2v) is 7.75. The van der Waals surface area contributed by atoms with Gasteiger partial charge >= 0.3 is 0 Å². The van der Waals surface area contributed by atoms with Gasteiger partial charge in [0.05, 0.1) is 16.3 Å². The van der Waals surface area contributed by atoms with E-state index >= 15 is 0 Å². The fraction of sp³-hybridized carbons (Fsp3) is 0.118. The third-order valence-electron chi connectivity index (χ3n) is 3.77. The number of nitrogens with one attached hydrogen (secondary N) is 1. The molecule has 0 atom stereocenters. The van der Waals surface area contributed by atoms with E-state index in [4.69, 9.17) is 0 Å². The third-order valence-corrected chi connectivity index (χ3v) is 4.90. The van der Waals surface area contributed by atoms with E-state index in [0.717, 1.165) is 11.9 Å². The Hall–Kier alpha value is -3.40. The number of nitrogens with zero attached hydrogens (tertiary/aromatic N) is 5. The molecule has 3 aromatic rings. The lowest BCUT2D eigenvalue weighted by Crippen LogP contribution is -2.19. The third kappa shape index (κ3) is 4.42. The first-order valence-electron chi connectivity index (χ1n) is 7.83. The van der Waals surface area contributed by atoms with Crippen LogP contribution in [0.5, 0.6) is 0 Å². The summed E-state index contributed by atoms with van der Waals surface area (Å²) in [4.78, 5) is 12.4. The van der Waals surface area contributed by atoms with Gasteiger partial charge in [0.15, 0.2) is 9.84 Å². The van der Waals surface area contributed by atoms with Gasteiger partial charge in [-0.2, -0.15) is 5.10 Å². The van der Waals surface area contributed by atoms with E-state index in [2.05, 4.69) is 26.1 Å². The number of hydrazone groups is 1. The van der Waals surface area contributed by atoms with Gasteiger partial charge in [-0.05, 0) is 59.3 Å². The number of hydrogen-bond acceptors (Lipinski definition) is 7. The summed E-state index contributed by atoms with van der Waals surface area (Å²) in [5, 5.41) is 14.9. The second-order valence-electron chi connectivity index (χ2n) is 5.74. The predicted molar refractivity (Wildman–Crippen MR) is 98.4 cm³/mol. The minimum absolute atomic E-state index is 0.228. The molecule has 0 aliphatic carbocycles. The van der Waals surface area contributed by atoms with Crippen LogP contribution in [0.25, 0.3) is 5.69 Å². The maximum Gasteiger partial charge on any atom is 0.271 e. The van der Waals surface area contributed by atoms with Gasteiger partial charge < -0.3 is 0 Å². The molecule has 1 amide bonds. The highest BCUT2D eigenvalue weighted by Gasteiger charge is 2.08. The van der Waals surface area contributed by atoms with Crippen molar-refractivity contribution in [1.82, 2.24) is 25.6 Å². The number of amides is 1. The van der Waals surface area contributed by atoms with Crippen LogP contribution >= 0.6 is 0 Å². The zero-order chi connectivity index (χ0) is 19.4. The van der Waals surface area contributed by atoms with Crippen molar-refractivity contribution in [3.05, 3.63) is 66.0 Å². The van der Waals surface area contributed by atoms with Gasteiger partial charge in [0.25, 0.3) is 5.91 Å². The molecule has 0 bridgehead atoms. The first kappa shape index (κ1) is 18.4. The molecule has 1 heterocycles. The van der Waals surface area contributed by atoms with E-state index in [1.165, 1.54) is 23.1 Å². The number of hydrogen-bond donors (Lipinski definition) is 1. The van der Waals surface area contributed by atoms with Gasteiger partial charge in [0.2, 0.25) is 0 Å². The van der Waals surface area contributed by atoms with Crippen LogP contribution in [0, 0.1) is 0 Å². The van der Waals surface area contributed by atoms with E-state index in [1.54, 1.807) is 43.3 Å². The number of aromatic nitrogens is 4. The Kier molecular flexibility index (Phi) is 5.08. The molecule has 0 fully saturated rings. The number of carbonyl (C=O) groups is 1. The maximum atomic E-state index is 12.2. The van der Waals surface area contributed by atoms with Crippen molar-refractivity contribution in [3.63, 3.8) is 0 Å². The van der Waals surface area contributed by atoms with Crippen molar-refractivity contribution in [2.24, 2.45) is 5.10 Å². The Morgan fingerprint density at radius 2 is 1.67 bits per heavy atom. The molecule has 138 valence electrons. The Balaban J connectivity index is 1.68. The van der Waals surface area contributed by atoms with Gasteiger partial charge in [-0.25, -0.2) is 18.5 Å². The molecule has 0 aliphatic rings.